The Morgan fingerprint density at radius 1 is 1.26 bits per heavy atom. The second-order valence-corrected chi connectivity index (χ2v) is 4.87. The largest absolute Gasteiger partial charge is 0.481 e. The van der Waals surface area contributed by atoms with Crippen molar-refractivity contribution in [2.75, 3.05) is 37.6 Å². The van der Waals surface area contributed by atoms with Crippen molar-refractivity contribution in [3.63, 3.8) is 0 Å². The van der Waals surface area contributed by atoms with E-state index in [0.29, 0.717) is 6.54 Å². The van der Waals surface area contributed by atoms with Crippen molar-refractivity contribution in [3.05, 3.63) is 17.6 Å². The Bertz CT molecular complexity index is 456. The third-order valence-electron chi connectivity index (χ3n) is 3.52. The van der Waals surface area contributed by atoms with Gasteiger partial charge in [-0.3, -0.25) is 14.7 Å². The average Bonchev–Trinajstić information content (AvgIpc) is 2.40. The summed E-state index contributed by atoms with van der Waals surface area (Å²) in [5.41, 5.74) is 1.93. The second-order valence-electron chi connectivity index (χ2n) is 4.87. The lowest BCUT2D eigenvalue weighted by Crippen LogP contribution is -2.47. The van der Waals surface area contributed by atoms with Crippen LogP contribution in [-0.2, 0) is 4.79 Å². The van der Waals surface area contributed by atoms with E-state index in [0.717, 1.165) is 43.4 Å². The molecule has 0 aliphatic carbocycles. The molecule has 19 heavy (non-hydrogen) atoms. The van der Waals surface area contributed by atoms with E-state index in [1.807, 2.05) is 20.0 Å². The van der Waals surface area contributed by atoms with Crippen LogP contribution in [0.2, 0.25) is 0 Å². The number of hydrogen-bond donors (Lipinski definition) is 1. The Balaban J connectivity index is 1.88. The summed E-state index contributed by atoms with van der Waals surface area (Å²) in [5.74, 6) is 0.184. The van der Waals surface area contributed by atoms with E-state index in [1.165, 1.54) is 0 Å². The highest BCUT2D eigenvalue weighted by molar-refractivity contribution is 5.66. The van der Waals surface area contributed by atoms with E-state index in [9.17, 15) is 4.79 Å². The maximum Gasteiger partial charge on any atom is 0.304 e. The van der Waals surface area contributed by atoms with E-state index in [1.54, 1.807) is 0 Å². The third kappa shape index (κ3) is 3.64. The van der Waals surface area contributed by atoms with Gasteiger partial charge < -0.3 is 10.0 Å². The van der Waals surface area contributed by atoms with Gasteiger partial charge in [-0.2, -0.15) is 0 Å². The van der Waals surface area contributed by atoms with Gasteiger partial charge in [0.15, 0.2) is 0 Å². The monoisotopic (exact) mass is 264 g/mol. The molecule has 6 nitrogen and oxygen atoms in total. The van der Waals surface area contributed by atoms with Gasteiger partial charge in [0.2, 0.25) is 0 Å². The molecule has 2 rings (SSSR count). The molecule has 1 aliphatic heterocycles. The standard InChI is InChI=1S/C13H20N4O2/c1-10-11(2)15-12(9-14-10)17-7-5-16(6-8-17)4-3-13(18)19/h9H,3-8H2,1-2H3,(H,18,19). The summed E-state index contributed by atoms with van der Waals surface area (Å²) in [6.45, 7) is 8.05. The summed E-state index contributed by atoms with van der Waals surface area (Å²) >= 11 is 0. The quantitative estimate of drug-likeness (QED) is 0.863. The van der Waals surface area contributed by atoms with Crippen LogP contribution in [0.15, 0.2) is 6.20 Å². The van der Waals surface area contributed by atoms with Crippen LogP contribution in [0.25, 0.3) is 0 Å². The summed E-state index contributed by atoms with van der Waals surface area (Å²) in [7, 11) is 0. The molecule has 0 unspecified atom stereocenters. The van der Waals surface area contributed by atoms with Gasteiger partial charge >= 0.3 is 5.97 Å². The molecule has 1 N–H and O–H groups in total. The van der Waals surface area contributed by atoms with Crippen molar-refractivity contribution >= 4 is 11.8 Å². The van der Waals surface area contributed by atoms with Gasteiger partial charge in [-0.15, -0.1) is 0 Å². The molecule has 104 valence electrons. The maximum absolute atomic E-state index is 10.5. The lowest BCUT2D eigenvalue weighted by molar-refractivity contribution is -0.137. The Morgan fingerprint density at radius 2 is 1.95 bits per heavy atom. The normalized spacial score (nSPS) is 16.6. The van der Waals surface area contributed by atoms with E-state index >= 15 is 0 Å². The first-order valence-corrected chi connectivity index (χ1v) is 6.55. The van der Waals surface area contributed by atoms with E-state index in [-0.39, 0.29) is 6.42 Å². The lowest BCUT2D eigenvalue weighted by atomic mass is 10.3. The first kappa shape index (κ1) is 13.7. The SMILES string of the molecule is Cc1ncc(N2CCN(CCC(=O)O)CC2)nc1C. The smallest absolute Gasteiger partial charge is 0.304 e. The number of aliphatic carboxylic acids is 1. The maximum atomic E-state index is 10.5. The van der Waals surface area contributed by atoms with Gasteiger partial charge in [0, 0.05) is 32.7 Å². The zero-order valence-corrected chi connectivity index (χ0v) is 11.5. The minimum atomic E-state index is -0.734. The molecule has 1 aromatic heterocycles. The molecule has 1 saturated heterocycles. The number of hydrogen-bond acceptors (Lipinski definition) is 5. The third-order valence-corrected chi connectivity index (χ3v) is 3.52. The fourth-order valence-electron chi connectivity index (χ4n) is 2.14. The fraction of sp³-hybridized carbons (Fsp3) is 0.615. The van der Waals surface area contributed by atoms with Crippen molar-refractivity contribution in [2.24, 2.45) is 0 Å². The van der Waals surface area contributed by atoms with Crippen molar-refractivity contribution in [2.45, 2.75) is 20.3 Å². The highest BCUT2D eigenvalue weighted by atomic mass is 16.4. The van der Waals surface area contributed by atoms with Crippen LogP contribution in [0.4, 0.5) is 5.82 Å². The fourth-order valence-corrected chi connectivity index (χ4v) is 2.14. The van der Waals surface area contributed by atoms with Crippen LogP contribution < -0.4 is 4.90 Å². The molecule has 1 aliphatic rings. The molecule has 1 fully saturated rings. The number of piperazine rings is 1. The van der Waals surface area contributed by atoms with Crippen molar-refractivity contribution < 1.29 is 9.90 Å². The number of aryl methyl sites for hydroxylation is 2. The van der Waals surface area contributed by atoms with E-state index in [2.05, 4.69) is 19.8 Å². The Kier molecular flexibility index (Phi) is 4.31. The zero-order valence-electron chi connectivity index (χ0n) is 11.5. The predicted molar refractivity (Wildman–Crippen MR) is 72.4 cm³/mol. The average molecular weight is 264 g/mol. The minimum absolute atomic E-state index is 0.212. The van der Waals surface area contributed by atoms with Crippen LogP contribution >= 0.6 is 0 Å². The molecule has 0 bridgehead atoms. The van der Waals surface area contributed by atoms with Gasteiger partial charge in [0.1, 0.15) is 5.82 Å². The second kappa shape index (κ2) is 5.97. The number of anilines is 1. The molecule has 0 amide bonds. The molecular weight excluding hydrogens is 244 g/mol. The molecule has 0 aromatic carbocycles. The van der Waals surface area contributed by atoms with Crippen LogP contribution in [0.1, 0.15) is 17.8 Å². The predicted octanol–water partition coefficient (Wildman–Crippen LogP) is 0.690. The molecule has 1 aromatic rings. The molecule has 0 saturated carbocycles. The summed E-state index contributed by atoms with van der Waals surface area (Å²) in [5, 5.41) is 8.68. The van der Waals surface area contributed by atoms with E-state index < -0.39 is 5.97 Å². The molecular formula is C13H20N4O2. The van der Waals surface area contributed by atoms with Crippen molar-refractivity contribution in [1.82, 2.24) is 14.9 Å². The number of carboxylic acids is 1. The number of nitrogens with zero attached hydrogens (tertiary/aromatic N) is 4. The zero-order chi connectivity index (χ0) is 13.8. The molecule has 6 heteroatoms. The number of carboxylic acid groups (broad SMARTS) is 1. The van der Waals surface area contributed by atoms with Gasteiger partial charge in [-0.05, 0) is 13.8 Å². The Labute approximate surface area is 113 Å². The summed E-state index contributed by atoms with van der Waals surface area (Å²) in [6, 6.07) is 0. The molecule has 0 radical (unpaired) electrons. The number of rotatable bonds is 4. The number of aromatic nitrogens is 2. The lowest BCUT2D eigenvalue weighted by Gasteiger charge is -2.35. The number of carbonyl (C=O) groups is 1. The van der Waals surface area contributed by atoms with Crippen LogP contribution in [-0.4, -0.2) is 58.7 Å². The first-order valence-electron chi connectivity index (χ1n) is 6.55. The highest BCUT2D eigenvalue weighted by Crippen LogP contribution is 2.14. The van der Waals surface area contributed by atoms with Gasteiger partial charge in [-0.1, -0.05) is 0 Å². The molecule has 2 heterocycles. The molecule has 0 atom stereocenters. The minimum Gasteiger partial charge on any atom is -0.481 e. The van der Waals surface area contributed by atoms with Gasteiger partial charge in [0.25, 0.3) is 0 Å². The van der Waals surface area contributed by atoms with Crippen LogP contribution in [0.5, 0.6) is 0 Å². The Morgan fingerprint density at radius 3 is 2.53 bits per heavy atom. The van der Waals surface area contributed by atoms with E-state index in [4.69, 9.17) is 5.11 Å². The topological polar surface area (TPSA) is 69.6 Å². The summed E-state index contributed by atoms with van der Waals surface area (Å²) in [6.07, 6.45) is 2.03. The summed E-state index contributed by atoms with van der Waals surface area (Å²) in [4.78, 5) is 23.8. The van der Waals surface area contributed by atoms with Crippen molar-refractivity contribution in [1.29, 1.82) is 0 Å². The van der Waals surface area contributed by atoms with Crippen LogP contribution in [0, 0.1) is 13.8 Å². The molecule has 0 spiro atoms. The van der Waals surface area contributed by atoms with Crippen molar-refractivity contribution in [3.8, 4) is 0 Å². The van der Waals surface area contributed by atoms with Gasteiger partial charge in [0.05, 0.1) is 24.0 Å². The Hall–Kier alpha value is -1.69. The van der Waals surface area contributed by atoms with Gasteiger partial charge in [-0.25, -0.2) is 4.98 Å². The van der Waals surface area contributed by atoms with Crippen LogP contribution in [0.3, 0.4) is 0 Å². The summed E-state index contributed by atoms with van der Waals surface area (Å²) < 4.78 is 0. The highest BCUT2D eigenvalue weighted by Gasteiger charge is 2.18. The first-order chi connectivity index (χ1) is 9.06.